The average molecular weight is 646 g/mol. The van der Waals surface area contributed by atoms with Gasteiger partial charge in [-0.05, 0) is 74.9 Å². The summed E-state index contributed by atoms with van der Waals surface area (Å²) in [5.41, 5.74) is 3.99. The van der Waals surface area contributed by atoms with Gasteiger partial charge in [-0.1, -0.05) is 72.3 Å². The number of aryl methyl sites for hydroxylation is 1. The molecule has 1 aromatic heterocycles. The summed E-state index contributed by atoms with van der Waals surface area (Å²) in [6.45, 7) is 5.48. The fourth-order valence-electron chi connectivity index (χ4n) is 4.91. The van der Waals surface area contributed by atoms with Crippen LogP contribution in [0.4, 0.5) is 11.4 Å². The van der Waals surface area contributed by atoms with Crippen molar-refractivity contribution in [3.05, 3.63) is 148 Å². The number of carbonyl (C=O) groups excluding carboxylic acids is 3. The summed E-state index contributed by atoms with van der Waals surface area (Å²) in [7, 11) is 1.77. The van der Waals surface area contributed by atoms with E-state index >= 15 is 0 Å². The van der Waals surface area contributed by atoms with E-state index < -0.39 is 17.1 Å². The zero-order valence-electron chi connectivity index (χ0n) is 26.5. The molecule has 0 saturated heterocycles. The van der Waals surface area contributed by atoms with Crippen LogP contribution in [-0.2, 0) is 16.6 Å². The van der Waals surface area contributed by atoms with E-state index in [4.69, 9.17) is 0 Å². The van der Waals surface area contributed by atoms with Gasteiger partial charge in [0.15, 0.2) is 0 Å². The minimum atomic E-state index is -0.563. The largest absolute Gasteiger partial charge is 0.321 e. The summed E-state index contributed by atoms with van der Waals surface area (Å²) in [5, 5.41) is 7.88. The van der Waals surface area contributed by atoms with Crippen LogP contribution in [0.25, 0.3) is 11.8 Å². The molecule has 0 aliphatic heterocycles. The highest BCUT2D eigenvalue weighted by Gasteiger charge is 2.22. The van der Waals surface area contributed by atoms with E-state index in [-0.39, 0.29) is 22.9 Å². The molecule has 0 spiro atoms. The standard InChI is InChI=1S/C37H35N5O4S/c1-24-13-11-14-27(21-24)22-32(39-35(44)28-15-7-5-8-16-28)36(45)38-29-17-12-20-31(23-29)47-26(3)34(43)40-33-25(2)41(4)42(37(33)46)30-18-9-6-10-19-30/h5-23,26H,1-4H3,(H,38,45)(H,39,44)(H,40,43)/b32-22+. The fraction of sp³-hybridized carbons (Fsp3) is 0.135. The van der Waals surface area contributed by atoms with Crippen molar-refractivity contribution in [1.29, 1.82) is 0 Å². The van der Waals surface area contributed by atoms with Gasteiger partial charge in [0.1, 0.15) is 11.4 Å². The van der Waals surface area contributed by atoms with E-state index in [2.05, 4.69) is 16.0 Å². The lowest BCUT2D eigenvalue weighted by Crippen LogP contribution is -2.30. The van der Waals surface area contributed by atoms with E-state index in [1.807, 2.05) is 73.7 Å². The van der Waals surface area contributed by atoms with Crippen molar-refractivity contribution in [2.75, 3.05) is 10.6 Å². The molecule has 0 bridgehead atoms. The molecule has 1 atom stereocenters. The number of anilines is 2. The molecule has 47 heavy (non-hydrogen) atoms. The second-order valence-electron chi connectivity index (χ2n) is 11.0. The van der Waals surface area contributed by atoms with Crippen LogP contribution >= 0.6 is 11.8 Å². The van der Waals surface area contributed by atoms with Crippen LogP contribution in [0.2, 0.25) is 0 Å². The summed E-state index contributed by atoms with van der Waals surface area (Å²) in [6.07, 6.45) is 1.63. The summed E-state index contributed by atoms with van der Waals surface area (Å²) >= 11 is 1.29. The third-order valence-corrected chi connectivity index (χ3v) is 8.55. The Kier molecular flexibility index (Phi) is 10.2. The predicted octanol–water partition coefficient (Wildman–Crippen LogP) is 6.32. The number of benzene rings is 4. The van der Waals surface area contributed by atoms with E-state index in [1.165, 1.54) is 16.4 Å². The highest BCUT2D eigenvalue weighted by Crippen LogP contribution is 2.27. The molecule has 0 saturated carbocycles. The van der Waals surface area contributed by atoms with Gasteiger partial charge in [-0.3, -0.25) is 23.9 Å². The van der Waals surface area contributed by atoms with Crippen LogP contribution in [0.5, 0.6) is 0 Å². The number of nitrogens with zero attached hydrogens (tertiary/aromatic N) is 2. The molecule has 10 heteroatoms. The number of aromatic nitrogens is 2. The van der Waals surface area contributed by atoms with Crippen LogP contribution in [0, 0.1) is 13.8 Å². The van der Waals surface area contributed by atoms with Crippen LogP contribution in [-0.4, -0.2) is 32.3 Å². The highest BCUT2D eigenvalue weighted by molar-refractivity contribution is 8.00. The molecule has 0 aliphatic rings. The van der Waals surface area contributed by atoms with Crippen LogP contribution in [0.1, 0.15) is 34.1 Å². The van der Waals surface area contributed by atoms with Crippen molar-refractivity contribution >= 4 is 46.9 Å². The quantitative estimate of drug-likeness (QED) is 0.122. The lowest BCUT2D eigenvalue weighted by atomic mass is 10.1. The van der Waals surface area contributed by atoms with Crippen LogP contribution in [0.15, 0.2) is 125 Å². The van der Waals surface area contributed by atoms with Crippen molar-refractivity contribution in [3.8, 4) is 5.69 Å². The third kappa shape index (κ3) is 7.98. The number of thioether (sulfide) groups is 1. The molecule has 3 amide bonds. The molecule has 3 N–H and O–H groups in total. The van der Waals surface area contributed by atoms with Crippen LogP contribution in [0.3, 0.4) is 0 Å². The van der Waals surface area contributed by atoms with Gasteiger partial charge in [-0.2, -0.15) is 0 Å². The molecule has 5 aromatic rings. The average Bonchev–Trinajstić information content (AvgIpc) is 3.27. The lowest BCUT2D eigenvalue weighted by Gasteiger charge is -2.14. The maximum Gasteiger partial charge on any atom is 0.295 e. The maximum absolute atomic E-state index is 13.5. The van der Waals surface area contributed by atoms with E-state index in [9.17, 15) is 19.2 Å². The van der Waals surface area contributed by atoms with E-state index in [0.717, 1.165) is 16.0 Å². The second-order valence-corrected chi connectivity index (χ2v) is 12.4. The Balaban J connectivity index is 1.30. The van der Waals surface area contributed by atoms with Gasteiger partial charge in [0.2, 0.25) is 5.91 Å². The Morgan fingerprint density at radius 2 is 1.49 bits per heavy atom. The maximum atomic E-state index is 13.5. The van der Waals surface area contributed by atoms with Gasteiger partial charge in [0.25, 0.3) is 17.4 Å². The summed E-state index contributed by atoms with van der Waals surface area (Å²) in [6, 6.07) is 32.6. The Morgan fingerprint density at radius 1 is 0.809 bits per heavy atom. The van der Waals surface area contributed by atoms with E-state index in [0.29, 0.717) is 22.6 Å². The number of amides is 3. The number of hydrogen-bond acceptors (Lipinski definition) is 5. The smallest absolute Gasteiger partial charge is 0.295 e. The lowest BCUT2D eigenvalue weighted by molar-refractivity contribution is -0.115. The van der Waals surface area contributed by atoms with Crippen molar-refractivity contribution in [3.63, 3.8) is 0 Å². The first-order chi connectivity index (χ1) is 22.6. The topological polar surface area (TPSA) is 114 Å². The van der Waals surface area contributed by atoms with Crippen molar-refractivity contribution < 1.29 is 14.4 Å². The van der Waals surface area contributed by atoms with Gasteiger partial charge >= 0.3 is 0 Å². The first-order valence-electron chi connectivity index (χ1n) is 15.0. The summed E-state index contributed by atoms with van der Waals surface area (Å²) < 4.78 is 3.22. The van der Waals surface area contributed by atoms with Crippen molar-refractivity contribution in [2.24, 2.45) is 7.05 Å². The molecule has 5 rings (SSSR count). The Hall–Kier alpha value is -5.61. The molecule has 0 fully saturated rings. The summed E-state index contributed by atoms with van der Waals surface area (Å²) in [4.78, 5) is 53.7. The SMILES string of the molecule is Cc1cccc(/C=C(/NC(=O)c2ccccc2)C(=O)Nc2cccc(SC(C)C(=O)Nc3c(C)n(C)n(-c4ccccc4)c3=O)c2)c1. The van der Waals surface area contributed by atoms with Gasteiger partial charge in [-0.15, -0.1) is 11.8 Å². The molecule has 238 valence electrons. The molecule has 1 unspecified atom stereocenters. The highest BCUT2D eigenvalue weighted by atomic mass is 32.2. The third-order valence-electron chi connectivity index (χ3n) is 7.46. The zero-order valence-corrected chi connectivity index (χ0v) is 27.3. The van der Waals surface area contributed by atoms with Gasteiger partial charge in [-0.25, -0.2) is 4.68 Å². The van der Waals surface area contributed by atoms with Gasteiger partial charge < -0.3 is 16.0 Å². The van der Waals surface area contributed by atoms with Crippen molar-refractivity contribution in [2.45, 2.75) is 30.9 Å². The summed E-state index contributed by atoms with van der Waals surface area (Å²) in [5.74, 6) is -1.24. The zero-order chi connectivity index (χ0) is 33.5. The minimum Gasteiger partial charge on any atom is -0.321 e. The molecule has 4 aromatic carbocycles. The minimum absolute atomic E-state index is 0.0784. The van der Waals surface area contributed by atoms with Gasteiger partial charge in [0, 0.05) is 23.2 Å². The number of nitrogens with one attached hydrogen (secondary N) is 3. The molecule has 1 heterocycles. The fourth-order valence-corrected chi connectivity index (χ4v) is 5.84. The number of carbonyl (C=O) groups is 3. The first kappa shape index (κ1) is 32.8. The normalized spacial score (nSPS) is 11.9. The van der Waals surface area contributed by atoms with E-state index in [1.54, 1.807) is 74.1 Å². The molecular formula is C37H35N5O4S. The second kappa shape index (κ2) is 14.7. The molecule has 0 radical (unpaired) electrons. The molecular weight excluding hydrogens is 611 g/mol. The Bertz CT molecular complexity index is 2020. The van der Waals surface area contributed by atoms with Gasteiger partial charge in [0.05, 0.1) is 16.6 Å². The molecule has 9 nitrogen and oxygen atoms in total. The predicted molar refractivity (Wildman–Crippen MR) is 188 cm³/mol. The number of para-hydroxylation sites is 1. The Labute approximate surface area is 277 Å². The number of rotatable bonds is 10. The van der Waals surface area contributed by atoms with Crippen LogP contribution < -0.4 is 21.5 Å². The molecule has 0 aliphatic carbocycles. The number of hydrogen-bond donors (Lipinski definition) is 3. The first-order valence-corrected chi connectivity index (χ1v) is 15.9. The van der Waals surface area contributed by atoms with Crippen molar-refractivity contribution in [1.82, 2.24) is 14.7 Å². The monoisotopic (exact) mass is 645 g/mol. The Morgan fingerprint density at radius 3 is 2.19 bits per heavy atom.